The SMILES string of the molecule is COS(=O)(=O)[O-].COS(=O)(=O)[O-].[Cu+2]. The summed E-state index contributed by atoms with van der Waals surface area (Å²) in [5, 5.41) is 0. The van der Waals surface area contributed by atoms with E-state index in [1.54, 1.807) is 0 Å². The Morgan fingerprint density at radius 3 is 0.923 bits per heavy atom. The van der Waals surface area contributed by atoms with Crippen molar-refractivity contribution in [2.24, 2.45) is 0 Å². The molecular formula is C2H6CuO8S2. The van der Waals surface area contributed by atoms with Crippen molar-refractivity contribution < 1.29 is 51.4 Å². The number of rotatable bonds is 2. The minimum atomic E-state index is -4.41. The first kappa shape index (κ1) is 18.9. The van der Waals surface area contributed by atoms with Crippen LogP contribution >= 0.6 is 0 Å². The topological polar surface area (TPSA) is 133 Å². The van der Waals surface area contributed by atoms with Gasteiger partial charge in [0.05, 0.1) is 14.2 Å². The van der Waals surface area contributed by atoms with Crippen LogP contribution in [0.15, 0.2) is 0 Å². The van der Waals surface area contributed by atoms with Gasteiger partial charge < -0.3 is 9.11 Å². The minimum Gasteiger partial charge on any atom is -0.726 e. The van der Waals surface area contributed by atoms with E-state index in [1.807, 2.05) is 0 Å². The van der Waals surface area contributed by atoms with Gasteiger partial charge in [0.15, 0.2) is 0 Å². The van der Waals surface area contributed by atoms with Crippen LogP contribution in [0.1, 0.15) is 0 Å². The Labute approximate surface area is 86.6 Å². The molecular weight excluding hydrogens is 280 g/mol. The molecule has 0 spiro atoms. The number of hydrogen-bond donors (Lipinski definition) is 0. The average Bonchev–Trinajstić information content (AvgIpc) is 1.86. The van der Waals surface area contributed by atoms with E-state index in [1.165, 1.54) is 0 Å². The smallest absolute Gasteiger partial charge is 0.726 e. The van der Waals surface area contributed by atoms with Gasteiger partial charge in [0.1, 0.15) is 0 Å². The largest absolute Gasteiger partial charge is 2.00 e. The number of hydrogen-bond acceptors (Lipinski definition) is 8. The molecule has 0 aromatic heterocycles. The molecule has 0 saturated carbocycles. The molecule has 0 amide bonds. The minimum absolute atomic E-state index is 0. The summed E-state index contributed by atoms with van der Waals surface area (Å²) in [5.74, 6) is 0. The van der Waals surface area contributed by atoms with Crippen molar-refractivity contribution in [1.82, 2.24) is 0 Å². The van der Waals surface area contributed by atoms with E-state index in [9.17, 15) is 25.9 Å². The summed E-state index contributed by atoms with van der Waals surface area (Å²) >= 11 is 0. The Kier molecular flexibility index (Phi) is 11.1. The van der Waals surface area contributed by atoms with E-state index < -0.39 is 20.8 Å². The van der Waals surface area contributed by atoms with Gasteiger partial charge in [-0.2, -0.15) is 0 Å². The van der Waals surface area contributed by atoms with Crippen LogP contribution in [0.2, 0.25) is 0 Å². The van der Waals surface area contributed by atoms with Crippen LogP contribution in [0.5, 0.6) is 0 Å². The van der Waals surface area contributed by atoms with Gasteiger partial charge >= 0.3 is 17.1 Å². The third kappa shape index (κ3) is 32.9. The van der Waals surface area contributed by atoms with Crippen molar-refractivity contribution in [3.8, 4) is 0 Å². The standard InChI is InChI=1S/2CH4O4S.Cu/c2*1-5-6(2,3)4;/h2*1H3,(H,2,3,4);/q;;+2/p-2. The van der Waals surface area contributed by atoms with Crippen molar-refractivity contribution in [3.63, 3.8) is 0 Å². The first-order valence-electron chi connectivity index (χ1n) is 2.15. The summed E-state index contributed by atoms with van der Waals surface area (Å²) < 4.78 is 62.0. The van der Waals surface area contributed by atoms with Crippen LogP contribution < -0.4 is 0 Å². The normalized spacial score (nSPS) is 10.8. The molecule has 0 fully saturated rings. The molecule has 0 saturated heterocycles. The molecule has 0 aromatic rings. The molecule has 8 nitrogen and oxygen atoms in total. The molecule has 0 aliphatic carbocycles. The molecule has 1 radical (unpaired) electrons. The quantitative estimate of drug-likeness (QED) is 0.329. The fraction of sp³-hybridized carbons (Fsp3) is 1.00. The Morgan fingerprint density at radius 1 is 0.846 bits per heavy atom. The molecule has 0 bridgehead atoms. The molecule has 0 N–H and O–H groups in total. The zero-order valence-electron chi connectivity index (χ0n) is 6.38. The van der Waals surface area contributed by atoms with Crippen LogP contribution in [0.3, 0.4) is 0 Å². The summed E-state index contributed by atoms with van der Waals surface area (Å²) in [4.78, 5) is 0. The maximum atomic E-state index is 9.22. The van der Waals surface area contributed by atoms with Crippen LogP contribution in [-0.4, -0.2) is 40.2 Å². The summed E-state index contributed by atoms with van der Waals surface area (Å²) in [6, 6.07) is 0. The fourth-order valence-corrected chi connectivity index (χ4v) is 0. The Morgan fingerprint density at radius 2 is 0.923 bits per heavy atom. The summed E-state index contributed by atoms with van der Waals surface area (Å²) in [5.41, 5.74) is 0. The second kappa shape index (κ2) is 7.64. The molecule has 0 aliphatic rings. The van der Waals surface area contributed by atoms with E-state index in [0.717, 1.165) is 14.2 Å². The maximum Gasteiger partial charge on any atom is 2.00 e. The van der Waals surface area contributed by atoms with E-state index in [2.05, 4.69) is 8.37 Å². The molecule has 13 heavy (non-hydrogen) atoms. The zero-order valence-corrected chi connectivity index (χ0v) is 8.96. The van der Waals surface area contributed by atoms with E-state index in [4.69, 9.17) is 0 Å². The van der Waals surface area contributed by atoms with Crippen molar-refractivity contribution in [2.45, 2.75) is 0 Å². The summed E-state index contributed by atoms with van der Waals surface area (Å²) in [6.07, 6.45) is 0. The molecule has 0 aromatic carbocycles. The van der Waals surface area contributed by atoms with Gasteiger partial charge in [-0.15, -0.1) is 0 Å². The van der Waals surface area contributed by atoms with Crippen molar-refractivity contribution in [2.75, 3.05) is 14.2 Å². The Bertz CT molecular complexity index is 256. The van der Waals surface area contributed by atoms with Crippen molar-refractivity contribution in [3.05, 3.63) is 0 Å². The maximum absolute atomic E-state index is 9.22. The monoisotopic (exact) mass is 285 g/mol. The zero-order chi connectivity index (χ0) is 10.4. The van der Waals surface area contributed by atoms with Crippen LogP contribution in [0, 0.1) is 0 Å². The first-order chi connectivity index (χ1) is 5.12. The van der Waals surface area contributed by atoms with Gasteiger partial charge in [-0.3, -0.25) is 8.37 Å². The van der Waals surface area contributed by atoms with Gasteiger partial charge in [0.25, 0.3) is 0 Å². The van der Waals surface area contributed by atoms with Gasteiger partial charge in [-0.25, -0.2) is 16.8 Å². The summed E-state index contributed by atoms with van der Waals surface area (Å²) in [6.45, 7) is 0. The van der Waals surface area contributed by atoms with Crippen LogP contribution in [0.4, 0.5) is 0 Å². The van der Waals surface area contributed by atoms with Gasteiger partial charge in [-0.1, -0.05) is 0 Å². The average molecular weight is 286 g/mol. The molecule has 0 heterocycles. The molecule has 85 valence electrons. The molecule has 0 unspecified atom stereocenters. The first-order valence-corrected chi connectivity index (χ1v) is 4.82. The second-order valence-electron chi connectivity index (χ2n) is 1.15. The van der Waals surface area contributed by atoms with Crippen LogP contribution in [-0.2, 0) is 46.2 Å². The van der Waals surface area contributed by atoms with E-state index >= 15 is 0 Å². The van der Waals surface area contributed by atoms with Gasteiger partial charge in [-0.05, 0) is 0 Å². The van der Waals surface area contributed by atoms with E-state index in [-0.39, 0.29) is 17.1 Å². The predicted octanol–water partition coefficient (Wildman–Crippen LogP) is -1.82. The second-order valence-corrected chi connectivity index (χ2v) is 3.45. The van der Waals surface area contributed by atoms with E-state index in [0.29, 0.717) is 0 Å². The molecule has 11 heteroatoms. The van der Waals surface area contributed by atoms with Crippen LogP contribution in [0.25, 0.3) is 0 Å². The predicted molar refractivity (Wildman–Crippen MR) is 33.4 cm³/mol. The van der Waals surface area contributed by atoms with Gasteiger partial charge in [0, 0.05) is 0 Å². The molecule has 0 rings (SSSR count). The van der Waals surface area contributed by atoms with Gasteiger partial charge in [0.2, 0.25) is 20.8 Å². The third-order valence-electron chi connectivity index (χ3n) is 0.408. The Balaban J connectivity index is -0.000000143. The van der Waals surface area contributed by atoms with Crippen molar-refractivity contribution >= 4 is 20.8 Å². The Hall–Kier alpha value is 0.259. The third-order valence-corrected chi connectivity index (χ3v) is 1.22. The summed E-state index contributed by atoms with van der Waals surface area (Å²) in [7, 11) is -7.21. The fourth-order valence-electron chi connectivity index (χ4n) is 0. The molecule has 0 aliphatic heterocycles. The van der Waals surface area contributed by atoms with Crippen molar-refractivity contribution in [1.29, 1.82) is 0 Å². The molecule has 0 atom stereocenters.